The monoisotopic (exact) mass is 372 g/mol. The van der Waals surface area contributed by atoms with E-state index in [9.17, 15) is 0 Å². The minimum Gasteiger partial charge on any atom is -0.344 e. The molecule has 0 N–H and O–H groups in total. The van der Waals surface area contributed by atoms with Gasteiger partial charge in [0.05, 0.1) is 22.1 Å². The first-order valence-corrected chi connectivity index (χ1v) is 10.3. The fourth-order valence-electron chi connectivity index (χ4n) is 5.39. The Labute approximate surface area is 167 Å². The minimum atomic E-state index is 1.14. The number of nitrogens with zero attached hydrogens (tertiary/aromatic N) is 2. The smallest absolute Gasteiger partial charge is 0.0556 e. The van der Waals surface area contributed by atoms with Crippen molar-refractivity contribution >= 4 is 61.1 Å². The minimum absolute atomic E-state index is 1.14. The predicted molar refractivity (Wildman–Crippen MR) is 124 cm³/mol. The molecule has 0 fully saturated rings. The number of rotatable bonds is 0. The van der Waals surface area contributed by atoms with Crippen LogP contribution in [0.25, 0.3) is 61.1 Å². The molecule has 0 radical (unpaired) electrons. The maximum atomic E-state index is 2.45. The van der Waals surface area contributed by atoms with Crippen LogP contribution in [0.3, 0.4) is 0 Å². The van der Waals surface area contributed by atoms with E-state index in [1.54, 1.807) is 0 Å². The summed E-state index contributed by atoms with van der Waals surface area (Å²) in [7, 11) is 2.20. The number of benzene rings is 3. The van der Waals surface area contributed by atoms with E-state index < -0.39 is 0 Å². The summed E-state index contributed by atoms with van der Waals surface area (Å²) in [5.74, 6) is 0. The Hall–Kier alpha value is -3.52. The molecule has 0 saturated heterocycles. The zero-order valence-corrected chi connectivity index (χ0v) is 16.3. The van der Waals surface area contributed by atoms with Crippen LogP contribution in [-0.4, -0.2) is 8.97 Å². The highest BCUT2D eigenvalue weighted by atomic mass is 14.9. The number of hydrogen-bond donors (Lipinski definition) is 0. The lowest BCUT2D eigenvalue weighted by molar-refractivity contribution is 0.910. The topological polar surface area (TPSA) is 9.34 Å². The average Bonchev–Trinajstić information content (AvgIpc) is 3.29. The predicted octanol–water partition coefficient (Wildman–Crippen LogP) is 5.25. The second-order valence-electron chi connectivity index (χ2n) is 8.20. The Morgan fingerprint density at radius 1 is 0.621 bits per heavy atom. The zero-order chi connectivity index (χ0) is 19.1. The third-order valence-electron chi connectivity index (χ3n) is 6.70. The number of aryl methyl sites for hydroxylation is 1. The largest absolute Gasteiger partial charge is 0.344 e. The van der Waals surface area contributed by atoms with Crippen molar-refractivity contribution in [2.45, 2.75) is 12.8 Å². The van der Waals surface area contributed by atoms with Gasteiger partial charge in [0.2, 0.25) is 0 Å². The molecule has 3 heterocycles. The van der Waals surface area contributed by atoms with E-state index in [1.807, 2.05) is 0 Å². The van der Waals surface area contributed by atoms with Crippen molar-refractivity contribution in [2.24, 2.45) is 7.05 Å². The molecular weight excluding hydrogens is 352 g/mol. The first-order valence-electron chi connectivity index (χ1n) is 10.3. The van der Waals surface area contributed by atoms with Gasteiger partial charge in [0, 0.05) is 39.2 Å². The fraction of sp³-hybridized carbons (Fsp3) is 0.111. The van der Waals surface area contributed by atoms with Crippen molar-refractivity contribution in [3.8, 4) is 0 Å². The molecular formula is C27H20N2. The highest BCUT2D eigenvalue weighted by Gasteiger charge is 2.15. The van der Waals surface area contributed by atoms with E-state index in [0.717, 1.165) is 12.8 Å². The highest BCUT2D eigenvalue weighted by Crippen LogP contribution is 2.34. The van der Waals surface area contributed by atoms with Crippen LogP contribution < -0.4 is 10.6 Å². The van der Waals surface area contributed by atoms with Crippen LogP contribution in [0.4, 0.5) is 0 Å². The van der Waals surface area contributed by atoms with Gasteiger partial charge in [-0.15, -0.1) is 0 Å². The van der Waals surface area contributed by atoms with E-state index >= 15 is 0 Å². The second kappa shape index (κ2) is 5.30. The van der Waals surface area contributed by atoms with Crippen molar-refractivity contribution in [2.75, 3.05) is 0 Å². The average molecular weight is 372 g/mol. The summed E-state index contributed by atoms with van der Waals surface area (Å²) >= 11 is 0. The van der Waals surface area contributed by atoms with Gasteiger partial charge >= 0.3 is 0 Å². The van der Waals surface area contributed by atoms with E-state index in [1.165, 1.54) is 59.6 Å². The maximum absolute atomic E-state index is 2.45. The summed E-state index contributed by atoms with van der Waals surface area (Å²) in [6.45, 7) is 0. The SMILES string of the molecule is Cn1c2c(c3cc4cc5c6ccccc6c6ccccc6n5c4cc31)=CCCC=2. The van der Waals surface area contributed by atoms with Crippen LogP contribution in [0.15, 0.2) is 66.7 Å². The molecule has 0 atom stereocenters. The number of para-hydroxylation sites is 1. The molecule has 0 aliphatic heterocycles. The molecule has 2 nitrogen and oxygen atoms in total. The maximum Gasteiger partial charge on any atom is 0.0556 e. The lowest BCUT2D eigenvalue weighted by atomic mass is 10.1. The molecule has 3 aromatic carbocycles. The molecule has 0 spiro atoms. The Balaban J connectivity index is 1.80. The van der Waals surface area contributed by atoms with Gasteiger partial charge in [-0.3, -0.25) is 0 Å². The molecule has 0 saturated carbocycles. The van der Waals surface area contributed by atoms with Crippen LogP contribution in [0.5, 0.6) is 0 Å². The van der Waals surface area contributed by atoms with Crippen molar-refractivity contribution < 1.29 is 0 Å². The van der Waals surface area contributed by atoms with Crippen molar-refractivity contribution in [1.29, 1.82) is 0 Å². The van der Waals surface area contributed by atoms with Gasteiger partial charge in [-0.1, -0.05) is 54.6 Å². The number of fused-ring (bicyclic) bond motifs is 11. The first kappa shape index (κ1) is 15.4. The molecule has 138 valence electrons. The van der Waals surface area contributed by atoms with Crippen LogP contribution in [0.1, 0.15) is 12.8 Å². The highest BCUT2D eigenvalue weighted by molar-refractivity contribution is 6.16. The normalized spacial score (nSPS) is 14.0. The third-order valence-corrected chi connectivity index (χ3v) is 6.70. The lowest BCUT2D eigenvalue weighted by Gasteiger charge is -2.10. The molecule has 3 aromatic heterocycles. The molecule has 0 bridgehead atoms. The zero-order valence-electron chi connectivity index (χ0n) is 16.3. The molecule has 0 unspecified atom stereocenters. The molecule has 2 heteroatoms. The Morgan fingerprint density at radius 3 is 2.21 bits per heavy atom. The van der Waals surface area contributed by atoms with Crippen LogP contribution in [-0.2, 0) is 7.05 Å². The molecule has 29 heavy (non-hydrogen) atoms. The third kappa shape index (κ3) is 1.86. The summed E-state index contributed by atoms with van der Waals surface area (Å²) < 4.78 is 4.81. The Bertz CT molecular complexity index is 1760. The van der Waals surface area contributed by atoms with Crippen LogP contribution in [0.2, 0.25) is 0 Å². The van der Waals surface area contributed by atoms with Gasteiger partial charge in [-0.2, -0.15) is 0 Å². The van der Waals surface area contributed by atoms with E-state index in [2.05, 4.69) is 94.9 Å². The second-order valence-corrected chi connectivity index (χ2v) is 8.20. The van der Waals surface area contributed by atoms with Gasteiger partial charge in [0.25, 0.3) is 0 Å². The van der Waals surface area contributed by atoms with E-state index in [0.29, 0.717) is 0 Å². The number of hydrogen-bond acceptors (Lipinski definition) is 0. The van der Waals surface area contributed by atoms with E-state index in [4.69, 9.17) is 0 Å². The lowest BCUT2D eigenvalue weighted by Crippen LogP contribution is -2.29. The standard InChI is InChI=1S/C27H20N2/c1-28-23-12-6-4-11-21(23)22-14-17-15-27-20-10-3-2-8-18(20)19-9-5-7-13-24(19)29(27)25(17)16-26(22)28/h2-3,5,7-16H,4,6H2,1H3. The summed E-state index contributed by atoms with van der Waals surface area (Å²) in [5, 5.41) is 9.39. The van der Waals surface area contributed by atoms with Crippen LogP contribution in [0, 0.1) is 0 Å². The van der Waals surface area contributed by atoms with Gasteiger partial charge < -0.3 is 8.97 Å². The first-order chi connectivity index (χ1) is 14.3. The van der Waals surface area contributed by atoms with Crippen LogP contribution >= 0.6 is 0 Å². The Morgan fingerprint density at radius 2 is 1.34 bits per heavy atom. The van der Waals surface area contributed by atoms with Gasteiger partial charge in [0.15, 0.2) is 0 Å². The van der Waals surface area contributed by atoms with Crippen molar-refractivity contribution in [3.63, 3.8) is 0 Å². The summed E-state index contributed by atoms with van der Waals surface area (Å²) in [4.78, 5) is 0. The summed E-state index contributed by atoms with van der Waals surface area (Å²) in [6, 6.07) is 24.7. The van der Waals surface area contributed by atoms with Crippen molar-refractivity contribution in [3.05, 3.63) is 77.3 Å². The summed E-state index contributed by atoms with van der Waals surface area (Å²) in [5.41, 5.74) is 5.16. The number of pyridine rings is 1. The van der Waals surface area contributed by atoms with Gasteiger partial charge in [-0.25, -0.2) is 0 Å². The molecule has 6 aromatic rings. The summed E-state index contributed by atoms with van der Waals surface area (Å²) in [6.07, 6.45) is 7.06. The number of aromatic nitrogens is 2. The molecule has 1 aliphatic carbocycles. The van der Waals surface area contributed by atoms with E-state index in [-0.39, 0.29) is 0 Å². The van der Waals surface area contributed by atoms with Crippen molar-refractivity contribution in [1.82, 2.24) is 8.97 Å². The van der Waals surface area contributed by atoms with Gasteiger partial charge in [-0.05, 0) is 42.5 Å². The van der Waals surface area contributed by atoms with Gasteiger partial charge in [0.1, 0.15) is 0 Å². The molecule has 7 rings (SSSR count). The fourth-order valence-corrected chi connectivity index (χ4v) is 5.39. The molecule has 1 aliphatic rings. The quantitative estimate of drug-likeness (QED) is 0.322. The molecule has 0 amide bonds. The Kier molecular flexibility index (Phi) is 2.81.